The fourth-order valence-electron chi connectivity index (χ4n) is 1.27. The van der Waals surface area contributed by atoms with Crippen molar-refractivity contribution in [3.05, 3.63) is 36.6 Å². The van der Waals surface area contributed by atoms with Crippen molar-refractivity contribution in [3.63, 3.8) is 0 Å². The van der Waals surface area contributed by atoms with Crippen molar-refractivity contribution >= 4 is 17.0 Å². The molecule has 2 aromatic rings. The van der Waals surface area contributed by atoms with Crippen molar-refractivity contribution in [2.24, 2.45) is 0 Å². The predicted molar refractivity (Wildman–Crippen MR) is 52.9 cm³/mol. The summed E-state index contributed by atoms with van der Waals surface area (Å²) in [6, 6.07) is 7.64. The van der Waals surface area contributed by atoms with Crippen LogP contribution in [0.5, 0.6) is 5.75 Å². The number of hydrogen-bond donors (Lipinski definition) is 0. The van der Waals surface area contributed by atoms with E-state index in [2.05, 4.69) is 6.58 Å². The van der Waals surface area contributed by atoms with Crippen LogP contribution in [-0.2, 0) is 0 Å². The third-order valence-electron chi connectivity index (χ3n) is 1.94. The summed E-state index contributed by atoms with van der Waals surface area (Å²) in [5, 5.41) is 1.04. The van der Waals surface area contributed by atoms with Crippen LogP contribution in [-0.4, -0.2) is 7.11 Å². The molecule has 13 heavy (non-hydrogen) atoms. The summed E-state index contributed by atoms with van der Waals surface area (Å²) in [7, 11) is 1.65. The van der Waals surface area contributed by atoms with Crippen molar-refractivity contribution in [3.8, 4) is 5.75 Å². The maximum Gasteiger partial charge on any atom is 0.135 e. The van der Waals surface area contributed by atoms with Gasteiger partial charge in [0.15, 0.2) is 0 Å². The zero-order valence-electron chi connectivity index (χ0n) is 7.41. The van der Waals surface area contributed by atoms with Gasteiger partial charge in [0.25, 0.3) is 0 Å². The molecule has 0 amide bonds. The van der Waals surface area contributed by atoms with Gasteiger partial charge in [-0.3, -0.25) is 0 Å². The quantitative estimate of drug-likeness (QED) is 0.698. The molecule has 0 spiro atoms. The Morgan fingerprint density at radius 1 is 1.38 bits per heavy atom. The van der Waals surface area contributed by atoms with E-state index in [0.29, 0.717) is 0 Å². The van der Waals surface area contributed by atoms with Gasteiger partial charge >= 0.3 is 0 Å². The van der Waals surface area contributed by atoms with Gasteiger partial charge in [0, 0.05) is 5.39 Å². The van der Waals surface area contributed by atoms with Crippen molar-refractivity contribution in [2.45, 2.75) is 0 Å². The second-order valence-electron chi connectivity index (χ2n) is 2.76. The normalized spacial score (nSPS) is 10.2. The van der Waals surface area contributed by atoms with Gasteiger partial charge in [-0.1, -0.05) is 6.58 Å². The molecule has 0 radical (unpaired) electrons. The first-order valence-corrected chi connectivity index (χ1v) is 4.03. The van der Waals surface area contributed by atoms with Crippen molar-refractivity contribution < 1.29 is 9.15 Å². The van der Waals surface area contributed by atoms with E-state index < -0.39 is 0 Å². The van der Waals surface area contributed by atoms with E-state index in [4.69, 9.17) is 9.15 Å². The lowest BCUT2D eigenvalue weighted by Crippen LogP contribution is -1.79. The molecule has 2 heteroatoms. The SMILES string of the molecule is C=Cc1cc2cc(OC)ccc2o1. The summed E-state index contributed by atoms with van der Waals surface area (Å²) in [5.74, 6) is 1.62. The minimum absolute atomic E-state index is 0.781. The van der Waals surface area contributed by atoms with Crippen LogP contribution in [0.3, 0.4) is 0 Å². The Bertz CT molecular complexity index is 440. The topological polar surface area (TPSA) is 22.4 Å². The Morgan fingerprint density at radius 3 is 2.92 bits per heavy atom. The lowest BCUT2D eigenvalue weighted by molar-refractivity contribution is 0.415. The molecule has 0 N–H and O–H groups in total. The number of hydrogen-bond acceptors (Lipinski definition) is 2. The van der Waals surface area contributed by atoms with E-state index in [-0.39, 0.29) is 0 Å². The molecule has 2 nitrogen and oxygen atoms in total. The van der Waals surface area contributed by atoms with E-state index in [1.54, 1.807) is 13.2 Å². The summed E-state index contributed by atoms with van der Waals surface area (Å²) in [4.78, 5) is 0. The molecule has 1 aromatic heterocycles. The number of furan rings is 1. The maximum absolute atomic E-state index is 5.44. The largest absolute Gasteiger partial charge is 0.497 e. The molecule has 0 saturated heterocycles. The zero-order valence-corrected chi connectivity index (χ0v) is 7.41. The zero-order chi connectivity index (χ0) is 9.26. The molecule has 0 aliphatic heterocycles. The molecule has 1 heterocycles. The molecule has 0 atom stereocenters. The molecule has 0 unspecified atom stereocenters. The second-order valence-corrected chi connectivity index (χ2v) is 2.76. The molecule has 2 rings (SSSR count). The fourth-order valence-corrected chi connectivity index (χ4v) is 1.27. The molecule has 1 aromatic carbocycles. The van der Waals surface area contributed by atoms with Crippen molar-refractivity contribution in [1.82, 2.24) is 0 Å². The van der Waals surface area contributed by atoms with Crippen LogP contribution in [0.4, 0.5) is 0 Å². The molecule has 66 valence electrons. The van der Waals surface area contributed by atoms with Gasteiger partial charge in [-0.15, -0.1) is 0 Å². The van der Waals surface area contributed by atoms with E-state index in [1.807, 2.05) is 24.3 Å². The highest BCUT2D eigenvalue weighted by molar-refractivity contribution is 5.81. The first-order chi connectivity index (χ1) is 6.33. The van der Waals surface area contributed by atoms with Gasteiger partial charge in [-0.05, 0) is 30.3 Å². The van der Waals surface area contributed by atoms with Crippen LogP contribution in [0.15, 0.2) is 35.3 Å². The first-order valence-electron chi connectivity index (χ1n) is 4.03. The number of benzene rings is 1. The molecule has 0 saturated carbocycles. The first kappa shape index (κ1) is 7.92. The predicted octanol–water partition coefficient (Wildman–Crippen LogP) is 3.08. The van der Waals surface area contributed by atoms with Gasteiger partial charge in [0.1, 0.15) is 17.1 Å². The number of methoxy groups -OCH3 is 1. The fraction of sp³-hybridized carbons (Fsp3) is 0.0909. The summed E-state index contributed by atoms with van der Waals surface area (Å²) in [6.07, 6.45) is 1.69. The van der Waals surface area contributed by atoms with Crippen molar-refractivity contribution in [2.75, 3.05) is 7.11 Å². The molecule has 0 aliphatic rings. The Morgan fingerprint density at radius 2 is 2.23 bits per heavy atom. The minimum Gasteiger partial charge on any atom is -0.497 e. The number of rotatable bonds is 2. The Balaban J connectivity index is 2.63. The van der Waals surface area contributed by atoms with Gasteiger partial charge in [-0.25, -0.2) is 0 Å². The summed E-state index contributed by atoms with van der Waals surface area (Å²) in [5.41, 5.74) is 0.857. The number of ether oxygens (including phenoxy) is 1. The molecular formula is C11H10O2. The highest BCUT2D eigenvalue weighted by Gasteiger charge is 2.01. The highest BCUT2D eigenvalue weighted by atomic mass is 16.5. The third kappa shape index (κ3) is 1.31. The van der Waals surface area contributed by atoms with Crippen LogP contribution >= 0.6 is 0 Å². The smallest absolute Gasteiger partial charge is 0.135 e. The van der Waals surface area contributed by atoms with Crippen LogP contribution in [0.25, 0.3) is 17.0 Å². The van der Waals surface area contributed by atoms with E-state index in [9.17, 15) is 0 Å². The lowest BCUT2D eigenvalue weighted by atomic mass is 10.2. The van der Waals surface area contributed by atoms with Crippen LogP contribution < -0.4 is 4.74 Å². The molecule has 0 bridgehead atoms. The average molecular weight is 174 g/mol. The molecule has 0 fully saturated rings. The van der Waals surface area contributed by atoms with E-state index >= 15 is 0 Å². The summed E-state index contributed by atoms with van der Waals surface area (Å²) >= 11 is 0. The van der Waals surface area contributed by atoms with Gasteiger partial charge in [-0.2, -0.15) is 0 Å². The van der Waals surface area contributed by atoms with Crippen molar-refractivity contribution in [1.29, 1.82) is 0 Å². The average Bonchev–Trinajstić information content (AvgIpc) is 2.58. The maximum atomic E-state index is 5.44. The minimum atomic E-state index is 0.781. The second kappa shape index (κ2) is 2.98. The number of fused-ring (bicyclic) bond motifs is 1. The van der Waals surface area contributed by atoms with Crippen LogP contribution in [0, 0.1) is 0 Å². The third-order valence-corrected chi connectivity index (χ3v) is 1.94. The molecular weight excluding hydrogens is 164 g/mol. The highest BCUT2D eigenvalue weighted by Crippen LogP contribution is 2.24. The Hall–Kier alpha value is -1.70. The van der Waals surface area contributed by atoms with E-state index in [0.717, 1.165) is 22.5 Å². The summed E-state index contributed by atoms with van der Waals surface area (Å²) < 4.78 is 10.5. The Kier molecular flexibility index (Phi) is 1.81. The summed E-state index contributed by atoms with van der Waals surface area (Å²) in [6.45, 7) is 3.64. The monoisotopic (exact) mass is 174 g/mol. The van der Waals surface area contributed by atoms with E-state index in [1.165, 1.54) is 0 Å². The Labute approximate surface area is 76.4 Å². The van der Waals surface area contributed by atoms with Crippen LogP contribution in [0.1, 0.15) is 5.76 Å². The standard InChI is InChI=1S/C11H10O2/c1-3-9-6-8-7-10(12-2)4-5-11(8)13-9/h3-7H,1H2,2H3. The lowest BCUT2D eigenvalue weighted by Gasteiger charge is -1.96. The molecule has 0 aliphatic carbocycles. The van der Waals surface area contributed by atoms with Crippen LogP contribution in [0.2, 0.25) is 0 Å². The van der Waals surface area contributed by atoms with Gasteiger partial charge in [0.05, 0.1) is 7.11 Å². The van der Waals surface area contributed by atoms with Gasteiger partial charge < -0.3 is 9.15 Å². The van der Waals surface area contributed by atoms with Gasteiger partial charge in [0.2, 0.25) is 0 Å².